The van der Waals surface area contributed by atoms with Gasteiger partial charge in [-0.25, -0.2) is 0 Å². The molecule has 1 amide bonds. The van der Waals surface area contributed by atoms with Gasteiger partial charge >= 0.3 is 0 Å². The number of carbonyl (C=O) groups is 1. The molecule has 94 valence electrons. The Labute approximate surface area is 109 Å². The maximum Gasteiger partial charge on any atom is 0.272 e. The van der Waals surface area contributed by atoms with Gasteiger partial charge in [-0.15, -0.1) is 0 Å². The Kier molecular flexibility index (Phi) is 3.44. The first kappa shape index (κ1) is 12.6. The second-order valence-electron chi connectivity index (χ2n) is 3.99. The van der Waals surface area contributed by atoms with Crippen molar-refractivity contribution in [1.82, 2.24) is 4.98 Å². The van der Waals surface area contributed by atoms with E-state index in [1.807, 2.05) is 6.07 Å². The lowest BCUT2D eigenvalue weighted by Crippen LogP contribution is -2.18. The third-order valence-corrected chi connectivity index (χ3v) is 2.65. The molecule has 0 aliphatic rings. The number of rotatable bonds is 2. The first-order chi connectivity index (χ1) is 9.11. The van der Waals surface area contributed by atoms with Crippen molar-refractivity contribution in [3.05, 3.63) is 63.6 Å². The summed E-state index contributed by atoms with van der Waals surface area (Å²) < 4.78 is 0. The van der Waals surface area contributed by atoms with Gasteiger partial charge in [0, 0.05) is 6.07 Å². The van der Waals surface area contributed by atoms with Crippen molar-refractivity contribution < 1.29 is 4.79 Å². The molecule has 2 aromatic rings. The number of hydrogen-bond acceptors (Lipinski definition) is 3. The second kappa shape index (κ2) is 5.19. The largest absolute Gasteiger partial charge is 0.319 e. The van der Waals surface area contributed by atoms with Gasteiger partial charge in [0.2, 0.25) is 5.56 Å². The highest BCUT2D eigenvalue weighted by Crippen LogP contribution is 2.18. The number of nitriles is 1. The van der Waals surface area contributed by atoms with Crippen molar-refractivity contribution >= 4 is 11.6 Å². The number of hydrogen-bond donors (Lipinski definition) is 2. The normalized spacial score (nSPS) is 9.68. The number of pyridine rings is 1. The van der Waals surface area contributed by atoms with E-state index >= 15 is 0 Å². The molecule has 0 unspecified atom stereocenters. The van der Waals surface area contributed by atoms with Gasteiger partial charge in [0.15, 0.2) is 0 Å². The topological polar surface area (TPSA) is 85.8 Å². The Balaban J connectivity index is 2.33. The standard InChI is InChI=1S/C14H11N3O2/c1-9-4-2-5-11(10(9)8-15)17-14(19)12-6-3-7-13(18)16-12/h2-7H,1H3,(H,16,18)(H,17,19). The zero-order valence-electron chi connectivity index (χ0n) is 10.2. The smallest absolute Gasteiger partial charge is 0.272 e. The summed E-state index contributed by atoms with van der Waals surface area (Å²) in [6.45, 7) is 1.79. The highest BCUT2D eigenvalue weighted by Gasteiger charge is 2.10. The van der Waals surface area contributed by atoms with Gasteiger partial charge in [-0.05, 0) is 24.6 Å². The van der Waals surface area contributed by atoms with Crippen molar-refractivity contribution in [3.63, 3.8) is 0 Å². The molecule has 0 aliphatic heterocycles. The zero-order valence-corrected chi connectivity index (χ0v) is 10.2. The lowest BCUT2D eigenvalue weighted by molar-refractivity contribution is 0.102. The fourth-order valence-electron chi connectivity index (χ4n) is 1.69. The molecule has 0 fully saturated rings. The van der Waals surface area contributed by atoms with E-state index in [1.54, 1.807) is 25.1 Å². The fraction of sp³-hybridized carbons (Fsp3) is 0.0714. The molecule has 0 saturated heterocycles. The maximum atomic E-state index is 12.0. The quantitative estimate of drug-likeness (QED) is 0.855. The average molecular weight is 253 g/mol. The number of aryl methyl sites for hydroxylation is 1. The molecule has 5 nitrogen and oxygen atoms in total. The van der Waals surface area contributed by atoms with Gasteiger partial charge in [-0.3, -0.25) is 9.59 Å². The Morgan fingerprint density at radius 2 is 2.00 bits per heavy atom. The van der Waals surface area contributed by atoms with Crippen molar-refractivity contribution in [1.29, 1.82) is 5.26 Å². The van der Waals surface area contributed by atoms with Crippen molar-refractivity contribution in [2.45, 2.75) is 6.92 Å². The zero-order chi connectivity index (χ0) is 13.8. The monoisotopic (exact) mass is 253 g/mol. The Hall–Kier alpha value is -2.87. The second-order valence-corrected chi connectivity index (χ2v) is 3.99. The van der Waals surface area contributed by atoms with Crippen LogP contribution in [0.15, 0.2) is 41.2 Å². The molecule has 19 heavy (non-hydrogen) atoms. The number of aromatic nitrogens is 1. The Morgan fingerprint density at radius 1 is 1.26 bits per heavy atom. The predicted molar refractivity (Wildman–Crippen MR) is 70.9 cm³/mol. The molecule has 0 bridgehead atoms. The van der Waals surface area contributed by atoms with E-state index in [4.69, 9.17) is 5.26 Å². The van der Waals surface area contributed by atoms with E-state index in [9.17, 15) is 9.59 Å². The van der Waals surface area contributed by atoms with Gasteiger partial charge < -0.3 is 10.3 Å². The summed E-state index contributed by atoms with van der Waals surface area (Å²) in [5.74, 6) is -0.459. The summed E-state index contributed by atoms with van der Waals surface area (Å²) in [6.07, 6.45) is 0. The minimum atomic E-state index is -0.459. The summed E-state index contributed by atoms with van der Waals surface area (Å²) in [5.41, 5.74) is 1.42. The molecule has 0 radical (unpaired) electrons. The molecule has 2 rings (SSSR count). The number of H-pyrrole nitrogens is 1. The Bertz CT molecular complexity index is 726. The number of benzene rings is 1. The number of amides is 1. The van der Waals surface area contributed by atoms with Crippen LogP contribution in [0.5, 0.6) is 0 Å². The summed E-state index contributed by atoms with van der Waals surface area (Å²) >= 11 is 0. The van der Waals surface area contributed by atoms with Gasteiger partial charge in [-0.2, -0.15) is 5.26 Å². The minimum absolute atomic E-state index is 0.151. The Morgan fingerprint density at radius 3 is 2.68 bits per heavy atom. The first-order valence-electron chi connectivity index (χ1n) is 5.62. The van der Waals surface area contributed by atoms with Crippen LogP contribution >= 0.6 is 0 Å². The van der Waals surface area contributed by atoms with Crippen molar-refractivity contribution in [2.75, 3.05) is 5.32 Å². The minimum Gasteiger partial charge on any atom is -0.319 e. The summed E-state index contributed by atoms with van der Waals surface area (Å²) in [5, 5.41) is 11.7. The highest BCUT2D eigenvalue weighted by molar-refractivity contribution is 6.03. The summed E-state index contributed by atoms with van der Waals surface area (Å²) in [4.78, 5) is 25.5. The van der Waals surface area contributed by atoms with Crippen LogP contribution in [0, 0.1) is 18.3 Å². The molecule has 0 saturated carbocycles. The number of carbonyl (C=O) groups excluding carboxylic acids is 1. The third kappa shape index (κ3) is 2.69. The molecule has 2 N–H and O–H groups in total. The van der Waals surface area contributed by atoms with Gasteiger partial charge in [0.1, 0.15) is 11.8 Å². The van der Waals surface area contributed by atoms with Crippen molar-refractivity contribution in [3.8, 4) is 6.07 Å². The third-order valence-electron chi connectivity index (χ3n) is 2.65. The van der Waals surface area contributed by atoms with Gasteiger partial charge in [0.25, 0.3) is 5.91 Å². The number of nitrogens with zero attached hydrogens (tertiary/aromatic N) is 1. The van der Waals surface area contributed by atoms with Crippen LogP contribution in [0.4, 0.5) is 5.69 Å². The molecule has 1 aromatic carbocycles. The fourth-order valence-corrected chi connectivity index (χ4v) is 1.69. The molecule has 0 atom stereocenters. The molecule has 0 spiro atoms. The molecule has 0 aliphatic carbocycles. The lowest BCUT2D eigenvalue weighted by atomic mass is 10.1. The molecule has 1 heterocycles. The summed E-state index contributed by atoms with van der Waals surface area (Å²) in [6, 6.07) is 11.5. The van der Waals surface area contributed by atoms with Crippen LogP contribution in [-0.2, 0) is 0 Å². The van der Waals surface area contributed by atoms with E-state index in [-0.39, 0.29) is 11.3 Å². The van der Waals surface area contributed by atoms with Crippen LogP contribution < -0.4 is 10.9 Å². The van der Waals surface area contributed by atoms with Crippen LogP contribution in [0.2, 0.25) is 0 Å². The van der Waals surface area contributed by atoms with Crippen LogP contribution in [0.25, 0.3) is 0 Å². The van der Waals surface area contributed by atoms with E-state index in [1.165, 1.54) is 18.2 Å². The number of aromatic amines is 1. The predicted octanol–water partition coefficient (Wildman–Crippen LogP) is 1.81. The average Bonchev–Trinajstić information content (AvgIpc) is 2.39. The van der Waals surface area contributed by atoms with Gasteiger partial charge in [-0.1, -0.05) is 18.2 Å². The van der Waals surface area contributed by atoms with Gasteiger partial charge in [0.05, 0.1) is 11.3 Å². The molecule has 5 heteroatoms. The van der Waals surface area contributed by atoms with E-state index in [0.717, 1.165) is 5.56 Å². The molecule has 1 aromatic heterocycles. The molecular weight excluding hydrogens is 242 g/mol. The van der Waals surface area contributed by atoms with Crippen LogP contribution in [-0.4, -0.2) is 10.9 Å². The highest BCUT2D eigenvalue weighted by atomic mass is 16.2. The SMILES string of the molecule is Cc1cccc(NC(=O)c2cccc(=O)[nH]2)c1C#N. The van der Waals surface area contributed by atoms with Crippen LogP contribution in [0.1, 0.15) is 21.6 Å². The first-order valence-corrected chi connectivity index (χ1v) is 5.62. The summed E-state index contributed by atoms with van der Waals surface area (Å²) in [7, 11) is 0. The van der Waals surface area contributed by atoms with E-state index in [0.29, 0.717) is 11.3 Å². The van der Waals surface area contributed by atoms with Crippen LogP contribution in [0.3, 0.4) is 0 Å². The maximum absolute atomic E-state index is 12.0. The number of anilines is 1. The van der Waals surface area contributed by atoms with E-state index in [2.05, 4.69) is 10.3 Å². The molecular formula is C14H11N3O2. The van der Waals surface area contributed by atoms with E-state index < -0.39 is 5.91 Å². The number of nitrogens with one attached hydrogen (secondary N) is 2. The van der Waals surface area contributed by atoms with Crippen molar-refractivity contribution in [2.24, 2.45) is 0 Å². The lowest BCUT2D eigenvalue weighted by Gasteiger charge is -2.08.